The van der Waals surface area contributed by atoms with Gasteiger partial charge in [0.05, 0.1) is 18.7 Å². The Labute approximate surface area is 176 Å². The van der Waals surface area contributed by atoms with E-state index in [9.17, 15) is 9.59 Å². The summed E-state index contributed by atoms with van der Waals surface area (Å²) in [6, 6.07) is 14.0. The third-order valence-electron chi connectivity index (χ3n) is 4.22. The first kappa shape index (κ1) is 23.8. The molecule has 2 aromatic carbocycles. The second-order valence-electron chi connectivity index (χ2n) is 6.16. The third kappa shape index (κ3) is 6.71. The number of carbonyl (C=O) groups is 2. The minimum absolute atomic E-state index is 0. The number of hydrogen-bond donors (Lipinski definition) is 3. The number of anilines is 1. The van der Waals surface area contributed by atoms with E-state index in [4.69, 9.17) is 22.1 Å². The van der Waals surface area contributed by atoms with Gasteiger partial charge in [0.15, 0.2) is 0 Å². The molecular weight excluding hydrogens is 401 g/mol. The van der Waals surface area contributed by atoms with E-state index in [1.54, 1.807) is 25.1 Å². The van der Waals surface area contributed by atoms with E-state index in [1.807, 2.05) is 30.3 Å². The summed E-state index contributed by atoms with van der Waals surface area (Å²) < 4.78 is 5.19. The zero-order valence-corrected chi connectivity index (χ0v) is 17.3. The molecule has 0 heterocycles. The predicted octanol–water partition coefficient (Wildman–Crippen LogP) is 3.55. The van der Waals surface area contributed by atoms with Gasteiger partial charge in [0, 0.05) is 24.0 Å². The standard InChI is InChI=1S/C20H24ClN3O3.ClH/c1-13(19(22)14-6-4-3-5-7-14)20(26)23-11-10-18(25)24-16-12-15(21)8-9-17(16)27-2;/h3-9,12-13,19H,10-11,22H2,1-2H3,(H,23,26)(H,24,25);1H. The van der Waals surface area contributed by atoms with Crippen molar-refractivity contribution in [1.82, 2.24) is 5.32 Å². The molecule has 0 saturated carbocycles. The molecule has 0 aromatic heterocycles. The zero-order valence-electron chi connectivity index (χ0n) is 15.8. The molecule has 2 aromatic rings. The number of halogens is 2. The summed E-state index contributed by atoms with van der Waals surface area (Å²) in [6.07, 6.45) is 0.120. The SMILES string of the molecule is COc1ccc(Cl)cc1NC(=O)CCNC(=O)C(C)C(N)c1ccccc1.Cl. The van der Waals surface area contributed by atoms with Crippen molar-refractivity contribution in [2.24, 2.45) is 11.7 Å². The maximum atomic E-state index is 12.3. The highest BCUT2D eigenvalue weighted by atomic mass is 35.5. The lowest BCUT2D eigenvalue weighted by Crippen LogP contribution is -2.36. The minimum Gasteiger partial charge on any atom is -0.495 e. The molecule has 0 aliphatic carbocycles. The van der Waals surface area contributed by atoms with Crippen molar-refractivity contribution in [1.29, 1.82) is 0 Å². The average Bonchev–Trinajstić information content (AvgIpc) is 2.67. The number of nitrogens with two attached hydrogens (primary N) is 1. The molecule has 28 heavy (non-hydrogen) atoms. The highest BCUT2D eigenvalue weighted by molar-refractivity contribution is 6.31. The molecule has 8 heteroatoms. The van der Waals surface area contributed by atoms with E-state index in [0.29, 0.717) is 16.5 Å². The Balaban J connectivity index is 0.00000392. The smallest absolute Gasteiger partial charge is 0.226 e. The molecule has 152 valence electrons. The summed E-state index contributed by atoms with van der Waals surface area (Å²) >= 11 is 5.94. The Morgan fingerprint density at radius 3 is 2.50 bits per heavy atom. The van der Waals surface area contributed by atoms with Gasteiger partial charge in [-0.2, -0.15) is 0 Å². The summed E-state index contributed by atoms with van der Waals surface area (Å²) in [5.74, 6) is -0.349. The molecule has 0 saturated heterocycles. The first-order chi connectivity index (χ1) is 12.9. The number of carbonyl (C=O) groups excluding carboxylic acids is 2. The quantitative estimate of drug-likeness (QED) is 0.602. The Morgan fingerprint density at radius 2 is 1.86 bits per heavy atom. The maximum absolute atomic E-state index is 12.3. The van der Waals surface area contributed by atoms with Crippen molar-refractivity contribution >= 4 is 41.5 Å². The van der Waals surface area contributed by atoms with Crippen LogP contribution in [0.3, 0.4) is 0 Å². The summed E-state index contributed by atoms with van der Waals surface area (Å²) in [5.41, 5.74) is 7.53. The average molecular weight is 426 g/mol. The van der Waals surface area contributed by atoms with Crippen molar-refractivity contribution < 1.29 is 14.3 Å². The fourth-order valence-electron chi connectivity index (χ4n) is 2.58. The Kier molecular flexibility index (Phi) is 9.79. The van der Waals surface area contributed by atoms with Gasteiger partial charge in [0.25, 0.3) is 0 Å². The predicted molar refractivity (Wildman–Crippen MR) is 114 cm³/mol. The molecule has 0 spiro atoms. The summed E-state index contributed by atoms with van der Waals surface area (Å²) in [4.78, 5) is 24.4. The largest absolute Gasteiger partial charge is 0.495 e. The second kappa shape index (κ2) is 11.5. The molecule has 2 amide bonds. The molecule has 0 fully saturated rings. The summed E-state index contributed by atoms with van der Waals surface area (Å²) in [6.45, 7) is 1.98. The van der Waals surface area contributed by atoms with Crippen LogP contribution < -0.4 is 21.1 Å². The number of methoxy groups -OCH3 is 1. The van der Waals surface area contributed by atoms with Crippen LogP contribution in [0.25, 0.3) is 0 Å². The van der Waals surface area contributed by atoms with Crippen molar-refractivity contribution in [2.75, 3.05) is 19.0 Å². The van der Waals surface area contributed by atoms with Gasteiger partial charge < -0.3 is 21.1 Å². The van der Waals surface area contributed by atoms with E-state index in [-0.39, 0.29) is 37.2 Å². The van der Waals surface area contributed by atoms with E-state index >= 15 is 0 Å². The summed E-state index contributed by atoms with van der Waals surface area (Å²) in [5, 5.41) is 5.97. The first-order valence-electron chi connectivity index (χ1n) is 8.64. The van der Waals surface area contributed by atoms with Gasteiger partial charge in [0.2, 0.25) is 11.8 Å². The fraction of sp³-hybridized carbons (Fsp3) is 0.300. The molecule has 0 bridgehead atoms. The first-order valence-corrected chi connectivity index (χ1v) is 9.01. The normalized spacial score (nSPS) is 12.3. The van der Waals surface area contributed by atoms with Gasteiger partial charge in [-0.1, -0.05) is 48.9 Å². The van der Waals surface area contributed by atoms with Crippen LogP contribution in [0.5, 0.6) is 5.75 Å². The van der Waals surface area contributed by atoms with E-state index in [2.05, 4.69) is 10.6 Å². The minimum atomic E-state index is -0.413. The molecular formula is C20H25Cl2N3O3. The number of hydrogen-bond acceptors (Lipinski definition) is 4. The number of nitrogens with one attached hydrogen (secondary N) is 2. The second-order valence-corrected chi connectivity index (χ2v) is 6.60. The van der Waals surface area contributed by atoms with Gasteiger partial charge in [-0.05, 0) is 23.8 Å². The molecule has 2 atom stereocenters. The number of rotatable bonds is 8. The van der Waals surface area contributed by atoms with Crippen LogP contribution in [0, 0.1) is 5.92 Å². The topological polar surface area (TPSA) is 93.5 Å². The Hall–Kier alpha value is -2.28. The molecule has 0 aliphatic rings. The molecule has 6 nitrogen and oxygen atoms in total. The highest BCUT2D eigenvalue weighted by Gasteiger charge is 2.21. The van der Waals surface area contributed by atoms with Gasteiger partial charge in [-0.15, -0.1) is 12.4 Å². The van der Waals surface area contributed by atoms with Crippen molar-refractivity contribution in [3.05, 3.63) is 59.1 Å². The highest BCUT2D eigenvalue weighted by Crippen LogP contribution is 2.27. The van der Waals surface area contributed by atoms with Crippen LogP contribution in [0.15, 0.2) is 48.5 Å². The van der Waals surface area contributed by atoms with Crippen molar-refractivity contribution in [3.8, 4) is 5.75 Å². The number of benzene rings is 2. The lowest BCUT2D eigenvalue weighted by Gasteiger charge is -2.19. The number of ether oxygens (including phenoxy) is 1. The van der Waals surface area contributed by atoms with Crippen LogP contribution in [-0.2, 0) is 9.59 Å². The third-order valence-corrected chi connectivity index (χ3v) is 4.46. The summed E-state index contributed by atoms with van der Waals surface area (Å²) in [7, 11) is 1.51. The molecule has 0 radical (unpaired) electrons. The van der Waals surface area contributed by atoms with Gasteiger partial charge in [0.1, 0.15) is 5.75 Å². The van der Waals surface area contributed by atoms with Crippen LogP contribution >= 0.6 is 24.0 Å². The van der Waals surface area contributed by atoms with Gasteiger partial charge in [-0.25, -0.2) is 0 Å². The van der Waals surface area contributed by atoms with E-state index < -0.39 is 12.0 Å². The lowest BCUT2D eigenvalue weighted by molar-refractivity contribution is -0.125. The van der Waals surface area contributed by atoms with E-state index in [1.165, 1.54) is 7.11 Å². The van der Waals surface area contributed by atoms with Crippen molar-refractivity contribution in [3.63, 3.8) is 0 Å². The lowest BCUT2D eigenvalue weighted by atomic mass is 9.95. The number of amides is 2. The molecule has 2 unspecified atom stereocenters. The molecule has 4 N–H and O–H groups in total. The maximum Gasteiger partial charge on any atom is 0.226 e. The molecule has 2 rings (SSSR count). The van der Waals surface area contributed by atoms with Gasteiger partial charge >= 0.3 is 0 Å². The Bertz CT molecular complexity index is 788. The monoisotopic (exact) mass is 425 g/mol. The Morgan fingerprint density at radius 1 is 1.18 bits per heavy atom. The van der Waals surface area contributed by atoms with Crippen LogP contribution in [-0.4, -0.2) is 25.5 Å². The fourth-order valence-corrected chi connectivity index (χ4v) is 2.75. The van der Waals surface area contributed by atoms with E-state index in [0.717, 1.165) is 5.56 Å². The van der Waals surface area contributed by atoms with Crippen molar-refractivity contribution in [2.45, 2.75) is 19.4 Å². The van der Waals surface area contributed by atoms with Crippen LogP contribution in [0.1, 0.15) is 24.9 Å². The zero-order chi connectivity index (χ0) is 19.8. The van der Waals surface area contributed by atoms with Crippen LogP contribution in [0.4, 0.5) is 5.69 Å². The van der Waals surface area contributed by atoms with Crippen LogP contribution in [0.2, 0.25) is 5.02 Å². The van der Waals surface area contributed by atoms with Gasteiger partial charge in [-0.3, -0.25) is 9.59 Å². The molecule has 0 aliphatic heterocycles.